The number of nitrogens with one attached hydrogen (secondary N) is 1. The second-order valence-corrected chi connectivity index (χ2v) is 11.3. The molecular weight excluding hydrogens is 522 g/mol. The number of unbranched alkanes of at least 4 members (excludes halogenated alkanes) is 14. The number of carbonyl (C=O) groups excluding carboxylic acids is 1. The highest BCUT2D eigenvalue weighted by molar-refractivity contribution is 5.76. The Labute approximate surface area is 259 Å². The molecule has 0 radical (unpaired) electrons. The minimum Gasteiger partial charge on any atom is -0.396 e. The van der Waals surface area contributed by atoms with E-state index in [0.717, 1.165) is 70.6 Å². The molecule has 1 amide bonds. The first-order valence-corrected chi connectivity index (χ1v) is 17.1. The van der Waals surface area contributed by atoms with Crippen LogP contribution in [0.25, 0.3) is 0 Å². The van der Waals surface area contributed by atoms with Gasteiger partial charge in [0.25, 0.3) is 0 Å². The second kappa shape index (κ2) is 33.6. The summed E-state index contributed by atoms with van der Waals surface area (Å²) in [5.74, 6) is -0.132. The lowest BCUT2D eigenvalue weighted by Gasteiger charge is -2.19. The van der Waals surface area contributed by atoms with E-state index in [0.29, 0.717) is 13.0 Å². The maximum absolute atomic E-state index is 12.3. The van der Waals surface area contributed by atoms with Crippen molar-refractivity contribution in [1.29, 1.82) is 0 Å². The van der Waals surface area contributed by atoms with Crippen molar-refractivity contribution in [2.24, 2.45) is 0 Å². The number of hydrogen-bond donors (Lipinski definition) is 4. The van der Waals surface area contributed by atoms with Crippen molar-refractivity contribution in [2.75, 3.05) is 13.2 Å². The van der Waals surface area contributed by atoms with Gasteiger partial charge in [-0.3, -0.25) is 4.79 Å². The van der Waals surface area contributed by atoms with Crippen molar-refractivity contribution in [3.8, 4) is 0 Å². The van der Waals surface area contributed by atoms with Gasteiger partial charge in [0.05, 0.1) is 18.8 Å². The number of rotatable bonds is 30. The minimum atomic E-state index is -0.868. The molecule has 0 aliphatic heterocycles. The molecule has 2 atom stereocenters. The van der Waals surface area contributed by atoms with Gasteiger partial charge in [-0.1, -0.05) is 132 Å². The molecule has 0 bridgehead atoms. The molecule has 0 aromatic heterocycles. The number of aliphatic hydroxyl groups excluding tert-OH is 3. The van der Waals surface area contributed by atoms with Crippen LogP contribution < -0.4 is 5.32 Å². The van der Waals surface area contributed by atoms with Crippen molar-refractivity contribution in [1.82, 2.24) is 5.32 Å². The van der Waals surface area contributed by atoms with E-state index >= 15 is 0 Å². The normalized spacial score (nSPS) is 13.9. The molecule has 0 rings (SSSR count). The van der Waals surface area contributed by atoms with Crippen LogP contribution in [-0.4, -0.2) is 46.6 Å². The molecule has 5 heteroatoms. The first kappa shape index (κ1) is 40.1. The monoisotopic (exact) mass is 587 g/mol. The molecule has 0 fully saturated rings. The number of carbonyl (C=O) groups is 1. The number of aliphatic hydroxyl groups is 3. The number of allylic oxidation sites excluding steroid dienone is 9. The van der Waals surface area contributed by atoms with E-state index in [4.69, 9.17) is 5.11 Å². The summed E-state index contributed by atoms with van der Waals surface area (Å²) in [6.45, 7) is 2.27. The highest BCUT2D eigenvalue weighted by Gasteiger charge is 2.17. The van der Waals surface area contributed by atoms with E-state index in [-0.39, 0.29) is 12.5 Å². The Hall–Kier alpha value is -1.95. The van der Waals surface area contributed by atoms with Crippen LogP contribution in [0.5, 0.6) is 0 Å². The highest BCUT2D eigenvalue weighted by atomic mass is 16.3. The zero-order valence-electron chi connectivity index (χ0n) is 26.9. The molecule has 242 valence electrons. The third kappa shape index (κ3) is 29.5. The maximum Gasteiger partial charge on any atom is 0.220 e. The van der Waals surface area contributed by atoms with E-state index in [2.05, 4.69) is 60.8 Å². The largest absolute Gasteiger partial charge is 0.396 e. The van der Waals surface area contributed by atoms with Gasteiger partial charge in [-0.05, 0) is 64.2 Å². The van der Waals surface area contributed by atoms with Gasteiger partial charge in [-0.2, -0.15) is 0 Å². The summed E-state index contributed by atoms with van der Waals surface area (Å²) in [5, 5.41) is 31.5. The van der Waals surface area contributed by atoms with Gasteiger partial charge in [0.2, 0.25) is 5.91 Å². The Balaban J connectivity index is 3.80. The number of amides is 1. The summed E-state index contributed by atoms with van der Waals surface area (Å²) in [7, 11) is 0. The Morgan fingerprint density at radius 2 is 1.05 bits per heavy atom. The Bertz CT molecular complexity index is 725. The van der Waals surface area contributed by atoms with E-state index in [9.17, 15) is 15.0 Å². The van der Waals surface area contributed by atoms with Crippen LogP contribution in [0.1, 0.15) is 142 Å². The molecule has 42 heavy (non-hydrogen) atoms. The molecule has 0 aliphatic carbocycles. The van der Waals surface area contributed by atoms with E-state index in [1.54, 1.807) is 6.08 Å². The fourth-order valence-electron chi connectivity index (χ4n) is 4.62. The third-order valence-electron chi connectivity index (χ3n) is 7.30. The molecule has 0 spiro atoms. The summed E-state index contributed by atoms with van der Waals surface area (Å²) >= 11 is 0. The van der Waals surface area contributed by atoms with Crippen LogP contribution in [0.2, 0.25) is 0 Å². The summed E-state index contributed by atoms with van der Waals surface area (Å²) in [5.41, 5.74) is 0. The fraction of sp³-hybridized carbons (Fsp3) is 0.703. The molecule has 0 aliphatic rings. The molecule has 0 saturated carbocycles. The molecular formula is C37H65NO4. The molecule has 0 aromatic rings. The van der Waals surface area contributed by atoms with Gasteiger partial charge < -0.3 is 20.6 Å². The first-order chi connectivity index (χ1) is 20.7. The fourth-order valence-corrected chi connectivity index (χ4v) is 4.62. The quantitative estimate of drug-likeness (QED) is 0.0499. The van der Waals surface area contributed by atoms with Gasteiger partial charge in [-0.15, -0.1) is 0 Å². The van der Waals surface area contributed by atoms with Gasteiger partial charge in [-0.25, -0.2) is 0 Å². The minimum absolute atomic E-state index is 0.132. The van der Waals surface area contributed by atoms with Crippen LogP contribution in [0.15, 0.2) is 60.8 Å². The van der Waals surface area contributed by atoms with Gasteiger partial charge in [0, 0.05) is 13.0 Å². The van der Waals surface area contributed by atoms with Crippen molar-refractivity contribution in [3.63, 3.8) is 0 Å². The lowest BCUT2D eigenvalue weighted by atomic mass is 10.1. The zero-order chi connectivity index (χ0) is 30.8. The SMILES string of the molecule is CCCCCCCCCCCC/C=C/[C@@H](O)[C@H](CO)NC(=O)CCC/C=C\C/C=C\C/C=C\C/C=C\CCCCCO. The molecule has 0 heterocycles. The average Bonchev–Trinajstić information content (AvgIpc) is 2.99. The summed E-state index contributed by atoms with van der Waals surface area (Å²) < 4.78 is 0. The molecule has 4 N–H and O–H groups in total. The highest BCUT2D eigenvalue weighted by Crippen LogP contribution is 2.12. The molecule has 5 nitrogen and oxygen atoms in total. The van der Waals surface area contributed by atoms with Crippen LogP contribution in [0, 0.1) is 0 Å². The van der Waals surface area contributed by atoms with Crippen LogP contribution in [0.3, 0.4) is 0 Å². The maximum atomic E-state index is 12.3. The molecule has 0 unspecified atom stereocenters. The summed E-state index contributed by atoms with van der Waals surface area (Å²) in [6.07, 6.45) is 43.1. The van der Waals surface area contributed by atoms with Gasteiger partial charge in [0.1, 0.15) is 0 Å². The van der Waals surface area contributed by atoms with Crippen molar-refractivity contribution in [3.05, 3.63) is 60.8 Å². The standard InChI is InChI=1S/C37H65NO4/c1-2-3-4-5-6-7-8-16-19-22-25-28-31-36(41)35(34-40)38-37(42)32-29-26-23-20-17-14-12-10-9-11-13-15-18-21-24-27-30-33-39/h9,11-12,14-15,18,20,23,28,31,35-36,39-41H,2-8,10,13,16-17,19,21-22,24-27,29-30,32-34H2,1H3,(H,38,42)/b11-9-,14-12-,18-15-,23-20-,31-28+/t35-,36+/m0/s1. The summed E-state index contributed by atoms with van der Waals surface area (Å²) in [6, 6.07) is -0.658. The average molecular weight is 588 g/mol. The predicted octanol–water partition coefficient (Wildman–Crippen LogP) is 8.81. The van der Waals surface area contributed by atoms with Crippen LogP contribution in [0.4, 0.5) is 0 Å². The lowest BCUT2D eigenvalue weighted by Crippen LogP contribution is -2.45. The lowest BCUT2D eigenvalue weighted by molar-refractivity contribution is -0.122. The van der Waals surface area contributed by atoms with Crippen molar-refractivity contribution < 1.29 is 20.1 Å². The van der Waals surface area contributed by atoms with E-state index in [1.807, 2.05) is 6.08 Å². The smallest absolute Gasteiger partial charge is 0.220 e. The van der Waals surface area contributed by atoms with Crippen LogP contribution >= 0.6 is 0 Å². The van der Waals surface area contributed by atoms with Crippen molar-refractivity contribution >= 4 is 5.91 Å². The van der Waals surface area contributed by atoms with Gasteiger partial charge in [0.15, 0.2) is 0 Å². The summed E-state index contributed by atoms with van der Waals surface area (Å²) in [4.78, 5) is 12.3. The van der Waals surface area contributed by atoms with E-state index < -0.39 is 12.1 Å². The van der Waals surface area contributed by atoms with Gasteiger partial charge >= 0.3 is 0 Å². The second-order valence-electron chi connectivity index (χ2n) is 11.3. The van der Waals surface area contributed by atoms with E-state index in [1.165, 1.54) is 57.8 Å². The zero-order valence-corrected chi connectivity index (χ0v) is 26.9. The Kier molecular flexibility index (Phi) is 32.0. The molecule has 0 aromatic carbocycles. The molecule has 0 saturated heterocycles. The van der Waals surface area contributed by atoms with Crippen LogP contribution in [-0.2, 0) is 4.79 Å². The third-order valence-corrected chi connectivity index (χ3v) is 7.30. The predicted molar refractivity (Wildman–Crippen MR) is 180 cm³/mol. The Morgan fingerprint density at radius 3 is 1.57 bits per heavy atom. The Morgan fingerprint density at radius 1 is 0.595 bits per heavy atom. The number of hydrogen-bond acceptors (Lipinski definition) is 4. The van der Waals surface area contributed by atoms with Crippen molar-refractivity contribution in [2.45, 2.75) is 154 Å². The first-order valence-electron chi connectivity index (χ1n) is 17.1. The topological polar surface area (TPSA) is 89.8 Å².